The first-order valence-corrected chi connectivity index (χ1v) is 5.98. The predicted octanol–water partition coefficient (Wildman–Crippen LogP) is 3.98. The van der Waals surface area contributed by atoms with Gasteiger partial charge in [0.05, 0.1) is 0 Å². The fourth-order valence-corrected chi connectivity index (χ4v) is 2.34. The molecule has 0 fully saturated rings. The molecule has 2 aromatic rings. The van der Waals surface area contributed by atoms with E-state index in [4.69, 9.17) is 5.73 Å². The van der Waals surface area contributed by atoms with Crippen LogP contribution in [0.15, 0.2) is 60.7 Å². The summed E-state index contributed by atoms with van der Waals surface area (Å²) in [6, 6.07) is 20.9. The molecule has 2 aromatic carbocycles. The van der Waals surface area contributed by atoms with E-state index >= 15 is 0 Å². The number of rotatable bonds is 3. The van der Waals surface area contributed by atoms with Gasteiger partial charge in [-0.3, -0.25) is 0 Å². The average Bonchev–Trinajstić information content (AvgIpc) is 2.30. The average molecular weight is 262 g/mol. The third-order valence-electron chi connectivity index (χ3n) is 3.01. The van der Waals surface area contributed by atoms with Crippen molar-refractivity contribution in [2.45, 2.75) is 25.3 Å². The third-order valence-corrected chi connectivity index (χ3v) is 3.01. The first-order valence-electron chi connectivity index (χ1n) is 5.98. The summed E-state index contributed by atoms with van der Waals surface area (Å²) < 4.78 is 0. The molecule has 0 aliphatic rings. The van der Waals surface area contributed by atoms with E-state index in [2.05, 4.69) is 62.4 Å². The fourth-order valence-electron chi connectivity index (χ4n) is 2.34. The van der Waals surface area contributed by atoms with Gasteiger partial charge < -0.3 is 5.73 Å². The molecule has 0 aliphatic heterocycles. The van der Waals surface area contributed by atoms with Crippen LogP contribution in [-0.4, -0.2) is 5.54 Å². The maximum Gasteiger partial charge on any atom is 0.0264 e. The summed E-state index contributed by atoms with van der Waals surface area (Å²) in [7, 11) is 0. The van der Waals surface area contributed by atoms with Crippen LogP contribution < -0.4 is 5.73 Å². The lowest BCUT2D eigenvalue weighted by Gasteiger charge is -2.31. The summed E-state index contributed by atoms with van der Waals surface area (Å²) in [5.74, 6) is 0.227. The van der Waals surface area contributed by atoms with E-state index in [1.54, 1.807) is 0 Å². The number of benzene rings is 2. The van der Waals surface area contributed by atoms with Crippen LogP contribution >= 0.6 is 12.4 Å². The number of hydrogen-bond acceptors (Lipinski definition) is 1. The zero-order valence-electron chi connectivity index (χ0n) is 10.8. The minimum absolute atomic E-state index is 0. The van der Waals surface area contributed by atoms with Gasteiger partial charge in [0.25, 0.3) is 0 Å². The second-order valence-electron chi connectivity index (χ2n) is 5.08. The lowest BCUT2D eigenvalue weighted by atomic mass is 9.78. The zero-order valence-corrected chi connectivity index (χ0v) is 11.7. The summed E-state index contributed by atoms with van der Waals surface area (Å²) >= 11 is 0. The van der Waals surface area contributed by atoms with Crippen LogP contribution in [0.1, 0.15) is 30.9 Å². The van der Waals surface area contributed by atoms with Crippen molar-refractivity contribution in [1.82, 2.24) is 0 Å². The van der Waals surface area contributed by atoms with E-state index in [1.165, 1.54) is 11.1 Å². The molecule has 0 radical (unpaired) electrons. The van der Waals surface area contributed by atoms with Gasteiger partial charge >= 0.3 is 0 Å². The van der Waals surface area contributed by atoms with Gasteiger partial charge in [-0.2, -0.15) is 0 Å². The quantitative estimate of drug-likeness (QED) is 0.889. The first kappa shape index (κ1) is 14.7. The Bertz CT molecular complexity index is 420. The van der Waals surface area contributed by atoms with Crippen molar-refractivity contribution in [1.29, 1.82) is 0 Å². The Kier molecular flexibility index (Phi) is 4.94. The number of halogens is 1. The maximum absolute atomic E-state index is 6.34. The minimum Gasteiger partial charge on any atom is -0.325 e. The van der Waals surface area contributed by atoms with Crippen LogP contribution in [0.2, 0.25) is 0 Å². The van der Waals surface area contributed by atoms with Crippen molar-refractivity contribution in [2.75, 3.05) is 0 Å². The normalized spacial score (nSPS) is 11.1. The van der Waals surface area contributed by atoms with E-state index in [1.807, 2.05) is 12.1 Å². The van der Waals surface area contributed by atoms with Gasteiger partial charge in [-0.1, -0.05) is 60.7 Å². The van der Waals surface area contributed by atoms with Gasteiger partial charge in [-0.05, 0) is 25.0 Å². The van der Waals surface area contributed by atoms with Crippen molar-refractivity contribution in [3.05, 3.63) is 71.8 Å². The molecule has 2 rings (SSSR count). The molecular weight excluding hydrogens is 242 g/mol. The summed E-state index contributed by atoms with van der Waals surface area (Å²) in [6.07, 6.45) is 0. The van der Waals surface area contributed by atoms with Crippen LogP contribution in [0, 0.1) is 0 Å². The Labute approximate surface area is 115 Å². The SMILES string of the molecule is CC(C)(N)C(c1ccccc1)c1ccccc1.Cl. The number of hydrogen-bond donors (Lipinski definition) is 1. The molecule has 2 heteroatoms. The minimum atomic E-state index is -0.275. The van der Waals surface area contributed by atoms with Gasteiger partial charge in [-0.15, -0.1) is 12.4 Å². The van der Waals surface area contributed by atoms with Crippen molar-refractivity contribution < 1.29 is 0 Å². The lowest BCUT2D eigenvalue weighted by molar-refractivity contribution is 0.457. The van der Waals surface area contributed by atoms with E-state index in [9.17, 15) is 0 Å². The summed E-state index contributed by atoms with van der Waals surface area (Å²) in [6.45, 7) is 4.16. The summed E-state index contributed by atoms with van der Waals surface area (Å²) in [4.78, 5) is 0. The zero-order chi connectivity index (χ0) is 12.3. The fraction of sp³-hybridized carbons (Fsp3) is 0.250. The Balaban J connectivity index is 0.00000162. The molecule has 0 saturated heterocycles. The topological polar surface area (TPSA) is 26.0 Å². The molecule has 18 heavy (non-hydrogen) atoms. The molecule has 0 atom stereocenters. The Morgan fingerprint density at radius 1 is 0.778 bits per heavy atom. The van der Waals surface area contributed by atoms with Crippen LogP contribution in [0.5, 0.6) is 0 Å². The van der Waals surface area contributed by atoms with Gasteiger partial charge in [0.2, 0.25) is 0 Å². The molecule has 2 N–H and O–H groups in total. The molecule has 0 aliphatic carbocycles. The highest BCUT2D eigenvalue weighted by Crippen LogP contribution is 2.32. The van der Waals surface area contributed by atoms with E-state index in [-0.39, 0.29) is 23.9 Å². The van der Waals surface area contributed by atoms with Crippen LogP contribution in [-0.2, 0) is 0 Å². The Morgan fingerprint density at radius 3 is 1.39 bits per heavy atom. The van der Waals surface area contributed by atoms with Crippen LogP contribution in [0.3, 0.4) is 0 Å². The predicted molar refractivity (Wildman–Crippen MR) is 80.2 cm³/mol. The largest absolute Gasteiger partial charge is 0.325 e. The standard InChI is InChI=1S/C16H19N.ClH/c1-16(2,17)15(13-9-5-3-6-10-13)14-11-7-4-8-12-14;/h3-12,15H,17H2,1-2H3;1H. The smallest absolute Gasteiger partial charge is 0.0264 e. The van der Waals surface area contributed by atoms with Crippen LogP contribution in [0.4, 0.5) is 0 Å². The molecule has 0 unspecified atom stereocenters. The highest BCUT2D eigenvalue weighted by molar-refractivity contribution is 5.85. The van der Waals surface area contributed by atoms with Gasteiger partial charge in [-0.25, -0.2) is 0 Å². The highest BCUT2D eigenvalue weighted by atomic mass is 35.5. The van der Waals surface area contributed by atoms with E-state index in [0.29, 0.717) is 0 Å². The summed E-state index contributed by atoms with van der Waals surface area (Å²) in [5, 5.41) is 0. The Morgan fingerprint density at radius 2 is 1.11 bits per heavy atom. The molecule has 0 aromatic heterocycles. The molecule has 0 heterocycles. The second kappa shape index (κ2) is 6.03. The highest BCUT2D eigenvalue weighted by Gasteiger charge is 2.27. The van der Waals surface area contributed by atoms with Crippen molar-refractivity contribution in [2.24, 2.45) is 5.73 Å². The van der Waals surface area contributed by atoms with Crippen LogP contribution in [0.25, 0.3) is 0 Å². The van der Waals surface area contributed by atoms with Gasteiger partial charge in [0.1, 0.15) is 0 Å². The van der Waals surface area contributed by atoms with Crippen molar-refractivity contribution >= 4 is 12.4 Å². The van der Waals surface area contributed by atoms with E-state index in [0.717, 1.165) is 0 Å². The van der Waals surface area contributed by atoms with Gasteiger partial charge in [0, 0.05) is 11.5 Å². The molecule has 0 saturated carbocycles. The van der Waals surface area contributed by atoms with Crippen molar-refractivity contribution in [3.63, 3.8) is 0 Å². The molecule has 1 nitrogen and oxygen atoms in total. The van der Waals surface area contributed by atoms with Crippen molar-refractivity contribution in [3.8, 4) is 0 Å². The summed E-state index contributed by atoms with van der Waals surface area (Å²) in [5.41, 5.74) is 8.61. The lowest BCUT2D eigenvalue weighted by Crippen LogP contribution is -2.39. The molecule has 0 amide bonds. The number of nitrogens with two attached hydrogens (primary N) is 1. The molecular formula is C16H20ClN. The Hall–Kier alpha value is -1.31. The molecule has 0 bridgehead atoms. The monoisotopic (exact) mass is 261 g/mol. The van der Waals surface area contributed by atoms with E-state index < -0.39 is 0 Å². The second-order valence-corrected chi connectivity index (χ2v) is 5.08. The maximum atomic E-state index is 6.34. The van der Waals surface area contributed by atoms with Gasteiger partial charge in [0.15, 0.2) is 0 Å². The molecule has 96 valence electrons. The first-order chi connectivity index (χ1) is 8.09. The third kappa shape index (κ3) is 3.34. The molecule has 0 spiro atoms.